The molecule has 0 saturated carbocycles. The van der Waals surface area contributed by atoms with Gasteiger partial charge < -0.3 is 9.47 Å². The molecule has 214 valence electrons. The average Bonchev–Trinajstić information content (AvgIpc) is 3.30. The van der Waals surface area contributed by atoms with Gasteiger partial charge in [-0.3, -0.25) is 9.36 Å². The van der Waals surface area contributed by atoms with Crippen molar-refractivity contribution < 1.29 is 14.3 Å². The molecule has 1 aliphatic heterocycles. The molecule has 6 nitrogen and oxygen atoms in total. The minimum atomic E-state index is -0.721. The van der Waals surface area contributed by atoms with E-state index in [1.54, 1.807) is 29.3 Å². The summed E-state index contributed by atoms with van der Waals surface area (Å²) in [7, 11) is 0. The highest BCUT2D eigenvalue weighted by Crippen LogP contribution is 2.37. The van der Waals surface area contributed by atoms with E-state index in [0.29, 0.717) is 33.0 Å². The summed E-state index contributed by atoms with van der Waals surface area (Å²) in [5.74, 6) is 0.144. The lowest BCUT2D eigenvalue weighted by atomic mass is 9.93. The second kappa shape index (κ2) is 13.4. The zero-order chi connectivity index (χ0) is 29.8. The molecule has 0 aliphatic carbocycles. The molecule has 3 aromatic carbocycles. The molecule has 0 saturated heterocycles. The van der Waals surface area contributed by atoms with Crippen LogP contribution in [0.3, 0.4) is 0 Å². The van der Waals surface area contributed by atoms with Crippen molar-refractivity contribution in [3.05, 3.63) is 130 Å². The molecule has 0 bridgehead atoms. The third-order valence-electron chi connectivity index (χ3n) is 6.47. The maximum absolute atomic E-state index is 14.1. The van der Waals surface area contributed by atoms with E-state index in [9.17, 15) is 9.59 Å². The standard InChI is InChI=1S/C32H26Br2N2O4S2/c1-4-15-40-29-23(33)16-19(17-24(29)34)18-25-30(37)36-28(21-11-13-22(41-3)14-12-21)26(31(38)39-5-2)27(35-32(36)42-25)20-9-7-6-8-10-20/h4,6-14,16-18,28H,1,5,15H2,2-3H3/b25-18-/t28-/m0/s1. The van der Waals surface area contributed by atoms with Crippen LogP contribution in [0.2, 0.25) is 0 Å². The number of hydrogen-bond acceptors (Lipinski definition) is 7. The Kier molecular flexibility index (Phi) is 9.67. The van der Waals surface area contributed by atoms with Gasteiger partial charge in [-0.15, -0.1) is 11.8 Å². The topological polar surface area (TPSA) is 69.9 Å². The third-order valence-corrected chi connectivity index (χ3v) is 9.37. The Morgan fingerprint density at radius 1 is 1.12 bits per heavy atom. The zero-order valence-electron chi connectivity index (χ0n) is 22.8. The van der Waals surface area contributed by atoms with Crippen LogP contribution in [0.5, 0.6) is 5.75 Å². The van der Waals surface area contributed by atoms with Crippen molar-refractivity contribution >= 4 is 72.7 Å². The number of hydrogen-bond donors (Lipinski definition) is 0. The molecule has 0 amide bonds. The van der Waals surface area contributed by atoms with Gasteiger partial charge in [0.15, 0.2) is 4.80 Å². The van der Waals surface area contributed by atoms with Gasteiger partial charge in [0.1, 0.15) is 12.4 Å². The number of thioether (sulfide) groups is 1. The molecule has 0 N–H and O–H groups in total. The first kappa shape index (κ1) is 30.3. The minimum Gasteiger partial charge on any atom is -0.487 e. The quantitative estimate of drug-likeness (QED) is 0.109. The Balaban J connectivity index is 1.76. The van der Waals surface area contributed by atoms with Gasteiger partial charge in [0, 0.05) is 10.5 Å². The normalized spacial score (nSPS) is 14.8. The predicted octanol–water partition coefficient (Wildman–Crippen LogP) is 6.75. The second-order valence-electron chi connectivity index (χ2n) is 9.12. The lowest BCUT2D eigenvalue weighted by Gasteiger charge is -2.26. The van der Waals surface area contributed by atoms with Crippen LogP contribution in [-0.4, -0.2) is 30.0 Å². The number of benzene rings is 3. The Hall–Kier alpha value is -3.18. The second-order valence-corrected chi connectivity index (χ2v) is 12.7. The monoisotopic (exact) mass is 724 g/mol. The summed E-state index contributed by atoms with van der Waals surface area (Å²) in [5.41, 5.74) is 2.93. The highest BCUT2D eigenvalue weighted by molar-refractivity contribution is 9.11. The maximum Gasteiger partial charge on any atom is 0.338 e. The van der Waals surface area contributed by atoms with Crippen LogP contribution >= 0.6 is 55.0 Å². The van der Waals surface area contributed by atoms with Crippen LogP contribution in [0.25, 0.3) is 11.8 Å². The minimum absolute atomic E-state index is 0.198. The van der Waals surface area contributed by atoms with E-state index in [1.807, 2.05) is 79.1 Å². The Labute approximate surface area is 268 Å². The van der Waals surface area contributed by atoms with E-state index < -0.39 is 12.0 Å². The van der Waals surface area contributed by atoms with E-state index >= 15 is 0 Å². The van der Waals surface area contributed by atoms with Gasteiger partial charge in [-0.2, -0.15) is 0 Å². The molecule has 1 aromatic heterocycles. The molecule has 0 spiro atoms. The van der Waals surface area contributed by atoms with Gasteiger partial charge in [0.25, 0.3) is 5.56 Å². The van der Waals surface area contributed by atoms with Crippen LogP contribution in [-0.2, 0) is 9.53 Å². The number of ether oxygens (including phenoxy) is 2. The molecule has 4 aromatic rings. The fraction of sp³-hybridized carbons (Fsp3) is 0.156. The fourth-order valence-electron chi connectivity index (χ4n) is 4.64. The van der Waals surface area contributed by atoms with Crippen molar-refractivity contribution in [2.75, 3.05) is 19.5 Å². The molecular weight excluding hydrogens is 700 g/mol. The molecule has 42 heavy (non-hydrogen) atoms. The van der Waals surface area contributed by atoms with Gasteiger partial charge in [-0.25, -0.2) is 9.79 Å². The Morgan fingerprint density at radius 2 is 1.81 bits per heavy atom. The number of thiazole rings is 1. The number of fused-ring (bicyclic) bond motifs is 1. The van der Waals surface area contributed by atoms with E-state index in [4.69, 9.17) is 14.5 Å². The van der Waals surface area contributed by atoms with Crippen LogP contribution in [0.15, 0.2) is 109 Å². The summed E-state index contributed by atoms with van der Waals surface area (Å²) < 4.78 is 14.8. The fourth-order valence-corrected chi connectivity index (χ4v) is 7.50. The lowest BCUT2D eigenvalue weighted by molar-refractivity contribution is -0.138. The molecule has 0 radical (unpaired) electrons. The van der Waals surface area contributed by atoms with E-state index in [-0.39, 0.29) is 12.2 Å². The summed E-state index contributed by atoms with van der Waals surface area (Å²) in [6.45, 7) is 6.02. The summed E-state index contributed by atoms with van der Waals surface area (Å²) in [5, 5.41) is 0. The van der Waals surface area contributed by atoms with Crippen LogP contribution in [0, 0.1) is 0 Å². The summed E-state index contributed by atoms with van der Waals surface area (Å²) >= 11 is 10.1. The average molecular weight is 727 g/mol. The number of carbonyl (C=O) groups is 1. The first-order valence-electron chi connectivity index (χ1n) is 13.0. The molecule has 2 heterocycles. The molecule has 1 aliphatic rings. The molecular formula is C32H26Br2N2O4S2. The highest BCUT2D eigenvalue weighted by atomic mass is 79.9. The van der Waals surface area contributed by atoms with Crippen molar-refractivity contribution in [2.24, 2.45) is 4.99 Å². The highest BCUT2D eigenvalue weighted by Gasteiger charge is 2.35. The maximum atomic E-state index is 14.1. The van der Waals surface area contributed by atoms with Crippen molar-refractivity contribution in [3.8, 4) is 5.75 Å². The first-order valence-corrected chi connectivity index (χ1v) is 16.6. The number of nitrogens with zero attached hydrogens (tertiary/aromatic N) is 2. The molecule has 0 fully saturated rings. The number of rotatable bonds is 9. The Bertz CT molecular complexity index is 1840. The van der Waals surface area contributed by atoms with E-state index in [2.05, 4.69) is 38.4 Å². The van der Waals surface area contributed by atoms with Crippen LogP contribution in [0.1, 0.15) is 29.7 Å². The summed E-state index contributed by atoms with van der Waals surface area (Å²) in [6.07, 6.45) is 5.50. The zero-order valence-corrected chi connectivity index (χ0v) is 27.6. The number of esters is 1. The largest absolute Gasteiger partial charge is 0.487 e. The summed E-state index contributed by atoms with van der Waals surface area (Å²) in [4.78, 5) is 34.2. The van der Waals surface area contributed by atoms with Crippen LogP contribution in [0.4, 0.5) is 0 Å². The van der Waals surface area contributed by atoms with Crippen molar-refractivity contribution in [3.63, 3.8) is 0 Å². The number of aromatic nitrogens is 1. The lowest BCUT2D eigenvalue weighted by Crippen LogP contribution is -2.40. The summed E-state index contributed by atoms with van der Waals surface area (Å²) in [6, 6.07) is 20.5. The predicted molar refractivity (Wildman–Crippen MR) is 177 cm³/mol. The van der Waals surface area contributed by atoms with Crippen molar-refractivity contribution in [1.29, 1.82) is 0 Å². The SMILES string of the molecule is C=CCOc1c(Br)cc(/C=c2\sc3n(c2=O)[C@@H](c2ccc(SC)cc2)C(C(=O)OCC)=C(c2ccccc2)N=3)cc1Br. The van der Waals surface area contributed by atoms with Crippen molar-refractivity contribution in [1.82, 2.24) is 4.57 Å². The number of halogens is 2. The Morgan fingerprint density at radius 3 is 2.43 bits per heavy atom. The van der Waals surface area contributed by atoms with E-state index in [1.165, 1.54) is 11.3 Å². The van der Waals surface area contributed by atoms with Crippen molar-refractivity contribution in [2.45, 2.75) is 17.9 Å². The van der Waals surface area contributed by atoms with Crippen LogP contribution < -0.4 is 19.6 Å². The first-order chi connectivity index (χ1) is 20.4. The molecule has 0 unspecified atom stereocenters. The number of carbonyl (C=O) groups excluding carboxylic acids is 1. The molecule has 5 rings (SSSR count). The van der Waals surface area contributed by atoms with Gasteiger partial charge in [0.2, 0.25) is 0 Å². The van der Waals surface area contributed by atoms with Gasteiger partial charge in [0.05, 0.1) is 37.4 Å². The molecule has 1 atom stereocenters. The van der Waals surface area contributed by atoms with Gasteiger partial charge in [-0.1, -0.05) is 66.5 Å². The van der Waals surface area contributed by atoms with E-state index in [0.717, 1.165) is 30.5 Å². The smallest absolute Gasteiger partial charge is 0.338 e. The van der Waals surface area contributed by atoms with Gasteiger partial charge >= 0.3 is 5.97 Å². The molecule has 10 heteroatoms. The third kappa shape index (κ3) is 6.13. The van der Waals surface area contributed by atoms with Gasteiger partial charge in [-0.05, 0) is 86.5 Å².